The van der Waals surface area contributed by atoms with Gasteiger partial charge in [0.15, 0.2) is 0 Å². The summed E-state index contributed by atoms with van der Waals surface area (Å²) in [4.78, 5) is 12.6. The summed E-state index contributed by atoms with van der Waals surface area (Å²) >= 11 is 6.40. The summed E-state index contributed by atoms with van der Waals surface area (Å²) in [5, 5.41) is 14.9. The largest absolute Gasteiger partial charge is 0.384 e. The van der Waals surface area contributed by atoms with E-state index < -0.39 is 0 Å². The summed E-state index contributed by atoms with van der Waals surface area (Å²) in [6.45, 7) is 2.52. The number of aryl methyl sites for hydroxylation is 1. The summed E-state index contributed by atoms with van der Waals surface area (Å²) in [5.41, 5.74) is 7.81. The highest BCUT2D eigenvalue weighted by Crippen LogP contribution is 2.24. The molecule has 1 aliphatic rings. The minimum atomic E-state index is -0.311. The number of rotatable bonds is 6. The Bertz CT molecular complexity index is 962. The molecule has 0 radical (unpaired) electrons. The van der Waals surface area contributed by atoms with E-state index in [0.717, 1.165) is 5.56 Å². The minimum absolute atomic E-state index is 0.00329. The molecule has 28 heavy (non-hydrogen) atoms. The summed E-state index contributed by atoms with van der Waals surface area (Å²) in [6, 6.07) is 7.07. The van der Waals surface area contributed by atoms with E-state index in [2.05, 4.69) is 10.4 Å². The first-order valence-electron chi connectivity index (χ1n) is 8.83. The van der Waals surface area contributed by atoms with Gasteiger partial charge in [-0.05, 0) is 31.1 Å². The molecule has 0 bridgehead atoms. The van der Waals surface area contributed by atoms with Crippen molar-refractivity contribution < 1.29 is 9.18 Å². The number of amidine groups is 1. The number of hydrogen-bond donors (Lipinski definition) is 3. The van der Waals surface area contributed by atoms with Crippen LogP contribution in [-0.4, -0.2) is 21.5 Å². The maximum absolute atomic E-state index is 13.1. The highest BCUT2D eigenvalue weighted by atomic mass is 35.5. The molecule has 1 aliphatic carbocycles. The molecule has 4 N–H and O–H groups in total. The van der Waals surface area contributed by atoms with Crippen molar-refractivity contribution in [1.82, 2.24) is 15.1 Å². The number of benzene rings is 1. The number of amides is 1. The molecule has 1 aromatic carbocycles. The van der Waals surface area contributed by atoms with Crippen LogP contribution in [0.5, 0.6) is 0 Å². The Kier molecular flexibility index (Phi) is 5.94. The molecule has 1 aromatic heterocycles. The van der Waals surface area contributed by atoms with E-state index in [0.29, 0.717) is 36.3 Å². The Morgan fingerprint density at radius 1 is 1.43 bits per heavy atom. The normalized spacial score (nSPS) is 16.0. The number of nitrogens with two attached hydrogens (primary N) is 1. The molecule has 1 heterocycles. The van der Waals surface area contributed by atoms with Gasteiger partial charge >= 0.3 is 0 Å². The second-order valence-electron chi connectivity index (χ2n) is 6.67. The smallest absolute Gasteiger partial charge is 0.256 e. The van der Waals surface area contributed by atoms with Gasteiger partial charge in [-0.25, -0.2) is 4.39 Å². The fourth-order valence-electron chi connectivity index (χ4n) is 3.00. The van der Waals surface area contributed by atoms with Gasteiger partial charge in [0.2, 0.25) is 0 Å². The predicted octanol–water partition coefficient (Wildman–Crippen LogP) is 3.49. The van der Waals surface area contributed by atoms with Gasteiger partial charge in [-0.3, -0.25) is 14.9 Å². The van der Waals surface area contributed by atoms with E-state index >= 15 is 0 Å². The van der Waals surface area contributed by atoms with Crippen molar-refractivity contribution in [2.45, 2.75) is 26.4 Å². The molecule has 146 valence electrons. The quantitative estimate of drug-likeness (QED) is 0.510. The molecule has 6 nitrogen and oxygen atoms in total. The number of aromatic nitrogens is 2. The van der Waals surface area contributed by atoms with Crippen molar-refractivity contribution in [2.75, 3.05) is 0 Å². The zero-order chi connectivity index (χ0) is 20.3. The molecule has 0 aliphatic heterocycles. The summed E-state index contributed by atoms with van der Waals surface area (Å²) in [6.07, 6.45) is 5.31. The van der Waals surface area contributed by atoms with Crippen LogP contribution in [0.4, 0.5) is 4.39 Å². The molecule has 0 saturated heterocycles. The lowest BCUT2D eigenvalue weighted by atomic mass is 10.0. The number of nitrogen functional groups attached to an aromatic ring is 1. The van der Waals surface area contributed by atoms with Crippen LogP contribution in [0.2, 0.25) is 5.15 Å². The minimum Gasteiger partial charge on any atom is -0.384 e. The first-order chi connectivity index (χ1) is 13.3. The zero-order valence-electron chi connectivity index (χ0n) is 15.4. The molecule has 0 fully saturated rings. The summed E-state index contributed by atoms with van der Waals surface area (Å²) in [7, 11) is 0. The Labute approximate surface area is 167 Å². The number of carbonyl (C=O) groups excluding carboxylic acids is 1. The van der Waals surface area contributed by atoms with Crippen LogP contribution in [0.3, 0.4) is 0 Å². The fraction of sp³-hybridized carbons (Fsp3) is 0.250. The number of nitrogens with one attached hydrogen (secondary N) is 2. The predicted molar refractivity (Wildman–Crippen MR) is 107 cm³/mol. The van der Waals surface area contributed by atoms with Crippen LogP contribution in [0.15, 0.2) is 48.3 Å². The van der Waals surface area contributed by atoms with Crippen LogP contribution in [0.25, 0.3) is 0 Å². The van der Waals surface area contributed by atoms with E-state index in [4.69, 9.17) is 22.7 Å². The molecule has 8 heteroatoms. The molecule has 1 atom stereocenters. The Morgan fingerprint density at radius 2 is 2.14 bits per heavy atom. The van der Waals surface area contributed by atoms with E-state index in [-0.39, 0.29) is 28.6 Å². The van der Waals surface area contributed by atoms with Crippen molar-refractivity contribution >= 4 is 23.3 Å². The van der Waals surface area contributed by atoms with Gasteiger partial charge in [0, 0.05) is 24.6 Å². The van der Waals surface area contributed by atoms with Crippen LogP contribution >= 0.6 is 11.6 Å². The van der Waals surface area contributed by atoms with Crippen LogP contribution < -0.4 is 11.1 Å². The molecular formula is C20H21ClFN5O. The highest BCUT2D eigenvalue weighted by Gasteiger charge is 2.21. The van der Waals surface area contributed by atoms with Gasteiger partial charge in [0.05, 0.1) is 11.3 Å². The van der Waals surface area contributed by atoms with Crippen molar-refractivity contribution in [3.63, 3.8) is 0 Å². The van der Waals surface area contributed by atoms with Crippen molar-refractivity contribution in [1.29, 1.82) is 5.41 Å². The maximum atomic E-state index is 13.1. The van der Waals surface area contributed by atoms with Gasteiger partial charge in [-0.2, -0.15) is 5.10 Å². The third-order valence-electron chi connectivity index (χ3n) is 4.56. The van der Waals surface area contributed by atoms with E-state index in [1.807, 2.05) is 0 Å². The monoisotopic (exact) mass is 401 g/mol. The van der Waals surface area contributed by atoms with Gasteiger partial charge in [0.1, 0.15) is 16.8 Å². The number of halogens is 2. The molecule has 2 aromatic rings. The van der Waals surface area contributed by atoms with Crippen molar-refractivity contribution in [3.05, 3.63) is 75.9 Å². The Balaban J connectivity index is 1.66. The lowest BCUT2D eigenvalue weighted by Crippen LogP contribution is -2.23. The third-order valence-corrected chi connectivity index (χ3v) is 4.95. The van der Waals surface area contributed by atoms with Crippen LogP contribution in [-0.2, 0) is 13.1 Å². The standard InChI is InChI=1S/C20H21ClFN5O/c1-12-17(18(21)27(26-12)11-14-4-8-16(22)9-5-14)20(28)25-10-13-2-6-15(7-3-13)19(23)24/h2-4,6-9,14H,5,10-11H2,1H3,(H3,23,24)(H,25,28). The lowest BCUT2D eigenvalue weighted by molar-refractivity contribution is 0.0950. The lowest BCUT2D eigenvalue weighted by Gasteiger charge is -2.14. The van der Waals surface area contributed by atoms with Gasteiger partial charge in [-0.1, -0.05) is 41.9 Å². The Hall–Kier alpha value is -2.93. The fourth-order valence-corrected chi connectivity index (χ4v) is 3.33. The van der Waals surface area contributed by atoms with Crippen LogP contribution in [0.1, 0.15) is 33.6 Å². The average molecular weight is 402 g/mol. The highest BCUT2D eigenvalue weighted by molar-refractivity contribution is 6.33. The molecule has 1 amide bonds. The van der Waals surface area contributed by atoms with Gasteiger partial charge in [-0.15, -0.1) is 0 Å². The maximum Gasteiger partial charge on any atom is 0.256 e. The average Bonchev–Trinajstić information content (AvgIpc) is 2.95. The number of hydrogen-bond acceptors (Lipinski definition) is 3. The molecule has 0 spiro atoms. The SMILES string of the molecule is Cc1nn(CC2C=CC(F)=CC2)c(Cl)c1C(=O)NCc1ccc(C(=N)N)cc1. The van der Waals surface area contributed by atoms with Gasteiger partial charge < -0.3 is 11.1 Å². The van der Waals surface area contributed by atoms with E-state index in [9.17, 15) is 9.18 Å². The molecule has 1 unspecified atom stereocenters. The summed E-state index contributed by atoms with van der Waals surface area (Å²) in [5.74, 6) is -0.478. The van der Waals surface area contributed by atoms with Crippen molar-refractivity contribution in [3.8, 4) is 0 Å². The Morgan fingerprint density at radius 3 is 2.75 bits per heavy atom. The van der Waals surface area contributed by atoms with E-state index in [1.54, 1.807) is 41.9 Å². The molecule has 0 saturated carbocycles. The topological polar surface area (TPSA) is 96.8 Å². The molecule has 3 rings (SSSR count). The first-order valence-corrected chi connectivity index (χ1v) is 9.21. The van der Waals surface area contributed by atoms with Crippen LogP contribution in [0, 0.1) is 18.3 Å². The second-order valence-corrected chi connectivity index (χ2v) is 7.03. The van der Waals surface area contributed by atoms with E-state index in [1.165, 1.54) is 12.2 Å². The van der Waals surface area contributed by atoms with Gasteiger partial charge in [0.25, 0.3) is 5.91 Å². The number of allylic oxidation sites excluding steroid dienone is 4. The second kappa shape index (κ2) is 8.39. The zero-order valence-corrected chi connectivity index (χ0v) is 16.1. The summed E-state index contributed by atoms with van der Waals surface area (Å²) < 4.78 is 14.7. The number of nitrogens with zero attached hydrogens (tertiary/aromatic N) is 2. The third kappa shape index (κ3) is 4.48. The van der Waals surface area contributed by atoms with Crippen molar-refractivity contribution in [2.24, 2.45) is 11.7 Å². The number of carbonyl (C=O) groups is 1. The first kappa shape index (κ1) is 19.8. The molecular weight excluding hydrogens is 381 g/mol.